The molecule has 0 atom stereocenters. The van der Waals surface area contributed by atoms with Crippen molar-refractivity contribution < 1.29 is 17.0 Å². The molecule has 2 aromatic carbocycles. The van der Waals surface area contributed by atoms with Crippen molar-refractivity contribution in [1.29, 1.82) is 0 Å². The van der Waals surface area contributed by atoms with Crippen LogP contribution in [0.5, 0.6) is 5.88 Å². The number of aromatic nitrogens is 2. The minimum absolute atomic E-state index is 0.000191. The van der Waals surface area contributed by atoms with Gasteiger partial charge in [0.2, 0.25) is 5.88 Å². The highest BCUT2D eigenvalue weighted by molar-refractivity contribution is 9.10. The molecule has 9 heteroatoms. The SMILES string of the molecule is CCSc1nc(OS(=O)(=O)c2ccc(C)cc2)c2c(C)cc(Br)c(F)c2n1. The summed E-state index contributed by atoms with van der Waals surface area (Å²) in [5.74, 6) is -0.126. The second kappa shape index (κ2) is 7.73. The van der Waals surface area contributed by atoms with Crippen LogP contribution in [0.15, 0.2) is 44.9 Å². The Labute approximate surface area is 169 Å². The summed E-state index contributed by atoms with van der Waals surface area (Å²) in [6, 6.07) is 7.81. The van der Waals surface area contributed by atoms with Gasteiger partial charge < -0.3 is 4.18 Å². The van der Waals surface area contributed by atoms with E-state index in [1.54, 1.807) is 25.1 Å². The third-order valence-corrected chi connectivity index (χ3v) is 6.32. The Kier molecular flexibility index (Phi) is 5.73. The maximum atomic E-state index is 14.6. The number of aryl methyl sites for hydroxylation is 2. The van der Waals surface area contributed by atoms with Gasteiger partial charge in [0.1, 0.15) is 10.4 Å². The van der Waals surface area contributed by atoms with Crippen LogP contribution in [0, 0.1) is 19.7 Å². The molecule has 0 saturated carbocycles. The highest BCUT2D eigenvalue weighted by Crippen LogP contribution is 2.35. The van der Waals surface area contributed by atoms with E-state index in [1.165, 1.54) is 23.9 Å². The lowest BCUT2D eigenvalue weighted by Gasteiger charge is -2.13. The average Bonchev–Trinajstić information content (AvgIpc) is 2.59. The van der Waals surface area contributed by atoms with Crippen molar-refractivity contribution in [3.63, 3.8) is 0 Å². The standard InChI is InChI=1S/C18H16BrFN2O3S2/c1-4-26-18-21-16-14(11(3)9-13(19)15(16)20)17(22-18)25-27(23,24)12-7-5-10(2)6-8-12/h5-9H,4H2,1-3H3. The van der Waals surface area contributed by atoms with Crippen molar-refractivity contribution in [3.8, 4) is 5.88 Å². The number of thioether (sulfide) groups is 1. The van der Waals surface area contributed by atoms with E-state index in [-0.39, 0.29) is 31.3 Å². The zero-order chi connectivity index (χ0) is 19.8. The zero-order valence-corrected chi connectivity index (χ0v) is 18.0. The van der Waals surface area contributed by atoms with E-state index in [0.29, 0.717) is 11.3 Å². The third kappa shape index (κ3) is 4.09. The first-order valence-electron chi connectivity index (χ1n) is 8.03. The van der Waals surface area contributed by atoms with Crippen LogP contribution in [0.4, 0.5) is 4.39 Å². The lowest BCUT2D eigenvalue weighted by molar-refractivity contribution is 0.475. The fourth-order valence-corrected chi connectivity index (χ4v) is 4.47. The summed E-state index contributed by atoms with van der Waals surface area (Å²) in [4.78, 5) is 8.45. The normalized spacial score (nSPS) is 11.7. The molecule has 27 heavy (non-hydrogen) atoms. The van der Waals surface area contributed by atoms with Crippen LogP contribution >= 0.6 is 27.7 Å². The molecular formula is C18H16BrFN2O3S2. The van der Waals surface area contributed by atoms with Gasteiger partial charge in [0.25, 0.3) is 0 Å². The quantitative estimate of drug-likeness (QED) is 0.296. The first kappa shape index (κ1) is 20.0. The van der Waals surface area contributed by atoms with Crippen molar-refractivity contribution >= 4 is 48.7 Å². The molecule has 0 N–H and O–H groups in total. The first-order chi connectivity index (χ1) is 12.7. The highest BCUT2D eigenvalue weighted by Gasteiger charge is 2.23. The minimum Gasteiger partial charge on any atom is -0.357 e. The van der Waals surface area contributed by atoms with Crippen molar-refractivity contribution in [2.45, 2.75) is 30.8 Å². The fraction of sp³-hybridized carbons (Fsp3) is 0.222. The van der Waals surface area contributed by atoms with Crippen LogP contribution in [0.3, 0.4) is 0 Å². The molecule has 3 rings (SSSR count). The zero-order valence-electron chi connectivity index (χ0n) is 14.8. The van der Waals surface area contributed by atoms with Gasteiger partial charge in [-0.15, -0.1) is 0 Å². The van der Waals surface area contributed by atoms with Gasteiger partial charge in [0, 0.05) is 0 Å². The van der Waals surface area contributed by atoms with E-state index >= 15 is 0 Å². The number of hydrogen-bond acceptors (Lipinski definition) is 6. The number of nitrogens with zero attached hydrogens (tertiary/aromatic N) is 2. The summed E-state index contributed by atoms with van der Waals surface area (Å²) >= 11 is 4.43. The Morgan fingerprint density at radius 3 is 2.48 bits per heavy atom. The van der Waals surface area contributed by atoms with Gasteiger partial charge in [-0.05, 0) is 59.3 Å². The van der Waals surface area contributed by atoms with Crippen LogP contribution in [0.25, 0.3) is 10.9 Å². The Morgan fingerprint density at radius 2 is 1.85 bits per heavy atom. The van der Waals surface area contributed by atoms with Gasteiger partial charge in [-0.25, -0.2) is 9.37 Å². The van der Waals surface area contributed by atoms with E-state index in [1.807, 2.05) is 13.8 Å². The van der Waals surface area contributed by atoms with Gasteiger partial charge >= 0.3 is 10.1 Å². The van der Waals surface area contributed by atoms with Crippen molar-refractivity contribution in [2.24, 2.45) is 0 Å². The predicted octanol–water partition coefficient (Wildman–Crippen LogP) is 5.03. The van der Waals surface area contributed by atoms with E-state index in [4.69, 9.17) is 4.18 Å². The summed E-state index contributed by atoms with van der Waals surface area (Å²) in [7, 11) is -4.13. The third-order valence-electron chi connectivity index (χ3n) is 3.78. The van der Waals surface area contributed by atoms with E-state index in [9.17, 15) is 12.8 Å². The van der Waals surface area contributed by atoms with E-state index in [2.05, 4.69) is 25.9 Å². The first-order valence-corrected chi connectivity index (χ1v) is 11.2. The Morgan fingerprint density at radius 1 is 1.19 bits per heavy atom. The molecular weight excluding hydrogens is 455 g/mol. The number of fused-ring (bicyclic) bond motifs is 1. The fourth-order valence-electron chi connectivity index (χ4n) is 2.48. The summed E-state index contributed by atoms with van der Waals surface area (Å²) in [6.45, 7) is 5.46. The second-order valence-corrected chi connectivity index (χ2v) is 9.44. The molecule has 0 unspecified atom stereocenters. The minimum atomic E-state index is -4.13. The van der Waals surface area contributed by atoms with Gasteiger partial charge in [-0.3, -0.25) is 0 Å². The van der Waals surface area contributed by atoms with Crippen molar-refractivity contribution in [3.05, 3.63) is 51.7 Å². The van der Waals surface area contributed by atoms with E-state index in [0.717, 1.165) is 5.56 Å². The monoisotopic (exact) mass is 470 g/mol. The predicted molar refractivity (Wildman–Crippen MR) is 107 cm³/mol. The molecule has 0 radical (unpaired) electrons. The Balaban J connectivity index is 2.20. The summed E-state index contributed by atoms with van der Waals surface area (Å²) in [6.07, 6.45) is 0. The van der Waals surface area contributed by atoms with Crippen molar-refractivity contribution in [1.82, 2.24) is 9.97 Å². The molecule has 0 saturated heterocycles. The molecule has 142 valence electrons. The lowest BCUT2D eigenvalue weighted by atomic mass is 10.1. The van der Waals surface area contributed by atoms with Crippen LogP contribution in [-0.2, 0) is 10.1 Å². The summed E-state index contributed by atoms with van der Waals surface area (Å²) < 4.78 is 45.6. The van der Waals surface area contributed by atoms with Crippen LogP contribution < -0.4 is 4.18 Å². The van der Waals surface area contributed by atoms with Crippen LogP contribution in [0.1, 0.15) is 18.1 Å². The number of benzene rings is 2. The van der Waals surface area contributed by atoms with Gasteiger partial charge in [-0.1, -0.05) is 36.4 Å². The number of rotatable bonds is 5. The highest BCUT2D eigenvalue weighted by atomic mass is 79.9. The maximum Gasteiger partial charge on any atom is 0.340 e. The molecule has 0 aliphatic carbocycles. The van der Waals surface area contributed by atoms with Gasteiger partial charge in [0.05, 0.1) is 9.86 Å². The molecule has 0 amide bonds. The van der Waals surface area contributed by atoms with Crippen LogP contribution in [-0.4, -0.2) is 24.1 Å². The maximum absolute atomic E-state index is 14.6. The Hall–Kier alpha value is -1.71. The molecule has 0 spiro atoms. The molecule has 0 bridgehead atoms. The molecule has 1 aromatic heterocycles. The Bertz CT molecular complexity index is 1120. The van der Waals surface area contributed by atoms with Gasteiger partial charge in [-0.2, -0.15) is 13.4 Å². The van der Waals surface area contributed by atoms with E-state index < -0.39 is 15.9 Å². The second-order valence-electron chi connectivity index (χ2n) is 5.81. The number of halogens is 2. The number of hydrogen-bond donors (Lipinski definition) is 0. The smallest absolute Gasteiger partial charge is 0.340 e. The molecule has 0 aliphatic rings. The largest absolute Gasteiger partial charge is 0.357 e. The molecule has 0 fully saturated rings. The molecule has 0 aliphatic heterocycles. The summed E-state index contributed by atoms with van der Waals surface area (Å²) in [5.41, 5.74) is 1.54. The molecule has 5 nitrogen and oxygen atoms in total. The molecule has 3 aromatic rings. The lowest BCUT2D eigenvalue weighted by Crippen LogP contribution is -2.12. The molecule has 1 heterocycles. The van der Waals surface area contributed by atoms with Crippen molar-refractivity contribution in [2.75, 3.05) is 5.75 Å². The van der Waals surface area contributed by atoms with Crippen LogP contribution in [0.2, 0.25) is 0 Å². The summed E-state index contributed by atoms with van der Waals surface area (Å²) in [5, 5.41) is 0.474. The van der Waals surface area contributed by atoms with Gasteiger partial charge in [0.15, 0.2) is 11.0 Å². The average molecular weight is 471 g/mol. The topological polar surface area (TPSA) is 69.2 Å².